The molecule has 37 heavy (non-hydrogen) atoms. The van der Waals surface area contributed by atoms with Crippen molar-refractivity contribution in [3.05, 3.63) is 18.2 Å². The number of aliphatic hydroxyl groups is 1. The number of imidazole rings is 1. The summed E-state index contributed by atoms with van der Waals surface area (Å²) < 4.78 is 5.15. The van der Waals surface area contributed by atoms with E-state index in [4.69, 9.17) is 4.74 Å². The molecule has 6 N–H and O–H groups in total. The number of hydrogen-bond acceptors (Lipinski definition) is 9. The third-order valence-corrected chi connectivity index (χ3v) is 5.87. The molecule has 0 radical (unpaired) electrons. The molecule has 0 bridgehead atoms. The van der Waals surface area contributed by atoms with Crippen molar-refractivity contribution in [2.24, 2.45) is 5.41 Å². The first-order chi connectivity index (χ1) is 17.5. The molecule has 0 fully saturated rings. The average molecular weight is 543 g/mol. The summed E-state index contributed by atoms with van der Waals surface area (Å²) in [5, 5.41) is 20.6. The van der Waals surface area contributed by atoms with E-state index in [9.17, 15) is 29.1 Å². The number of ether oxygens (including phenoxy) is 1. The smallest absolute Gasteiger partial charge is 0.305 e. The minimum absolute atomic E-state index is 0.00319. The average Bonchev–Trinajstić information content (AvgIpc) is 3.36. The van der Waals surface area contributed by atoms with Gasteiger partial charge in [0.2, 0.25) is 17.7 Å². The maximum Gasteiger partial charge on any atom is 0.305 e. The molecule has 1 heterocycles. The van der Waals surface area contributed by atoms with Crippen LogP contribution >= 0.6 is 11.8 Å². The third kappa shape index (κ3) is 14.9. The van der Waals surface area contributed by atoms with Crippen LogP contribution in [0.25, 0.3) is 0 Å². The van der Waals surface area contributed by atoms with Gasteiger partial charge in [0.05, 0.1) is 12.9 Å². The topological polar surface area (TPSA) is 192 Å². The molecule has 0 unspecified atom stereocenters. The van der Waals surface area contributed by atoms with Crippen LogP contribution in [0.15, 0.2) is 12.5 Å². The highest BCUT2D eigenvalue weighted by Gasteiger charge is 2.34. The van der Waals surface area contributed by atoms with E-state index in [1.165, 1.54) is 6.92 Å². The van der Waals surface area contributed by atoms with Gasteiger partial charge in [-0.25, -0.2) is 4.98 Å². The lowest BCUT2D eigenvalue weighted by Crippen LogP contribution is -2.47. The van der Waals surface area contributed by atoms with Gasteiger partial charge in [0.1, 0.15) is 6.10 Å². The lowest BCUT2D eigenvalue weighted by atomic mass is 9.87. The van der Waals surface area contributed by atoms with Gasteiger partial charge < -0.3 is 36.1 Å². The fourth-order valence-corrected chi connectivity index (χ4v) is 3.45. The Labute approximate surface area is 220 Å². The number of aromatic nitrogens is 2. The Balaban J connectivity index is 2.14. The summed E-state index contributed by atoms with van der Waals surface area (Å²) in [5.41, 5.74) is -0.119. The first kappa shape index (κ1) is 31.9. The highest BCUT2D eigenvalue weighted by Crippen LogP contribution is 2.21. The molecule has 208 valence electrons. The van der Waals surface area contributed by atoms with Gasteiger partial charge in [0.15, 0.2) is 0 Å². The van der Waals surface area contributed by atoms with Crippen molar-refractivity contribution in [2.75, 3.05) is 38.5 Å². The van der Waals surface area contributed by atoms with Gasteiger partial charge in [-0.1, -0.05) is 25.6 Å². The van der Waals surface area contributed by atoms with E-state index in [0.717, 1.165) is 17.5 Å². The van der Waals surface area contributed by atoms with Crippen LogP contribution in [-0.4, -0.2) is 88.6 Å². The molecular weight excluding hydrogens is 504 g/mol. The van der Waals surface area contributed by atoms with Crippen molar-refractivity contribution in [3.8, 4) is 0 Å². The van der Waals surface area contributed by atoms with E-state index >= 15 is 0 Å². The van der Waals surface area contributed by atoms with Crippen molar-refractivity contribution < 1.29 is 33.8 Å². The highest BCUT2D eigenvalue weighted by molar-refractivity contribution is 8.13. The van der Waals surface area contributed by atoms with Crippen LogP contribution in [0.3, 0.4) is 0 Å². The Kier molecular flexibility index (Phi) is 15.0. The predicted molar refractivity (Wildman–Crippen MR) is 137 cm³/mol. The number of H-pyrrole nitrogens is 1. The monoisotopic (exact) mass is 542 g/mol. The summed E-state index contributed by atoms with van der Waals surface area (Å²) in [7, 11) is 0. The van der Waals surface area contributed by atoms with Gasteiger partial charge in [-0.3, -0.25) is 24.0 Å². The van der Waals surface area contributed by atoms with Crippen molar-refractivity contribution in [1.29, 1.82) is 0 Å². The molecule has 1 atom stereocenters. The number of rotatable bonds is 17. The van der Waals surface area contributed by atoms with E-state index < -0.39 is 23.4 Å². The summed E-state index contributed by atoms with van der Waals surface area (Å²) in [5.74, 6) is -1.26. The summed E-state index contributed by atoms with van der Waals surface area (Å²) >= 11 is 1.06. The maximum absolute atomic E-state index is 12.3. The maximum atomic E-state index is 12.3. The zero-order valence-electron chi connectivity index (χ0n) is 21.6. The molecule has 4 amide bonds. The lowest BCUT2D eigenvalue weighted by Gasteiger charge is -2.29. The molecule has 0 spiro atoms. The lowest BCUT2D eigenvalue weighted by molar-refractivity contribution is -0.153. The standard InChI is InChI=1S/C23H38N6O7S/c1-16(30)25-8-4-5-19(32)36-14-23(2,3)20(33)21(34)27-10-7-18(31)26-11-12-37-22(35)28-9-6-17-13-24-15-29-17/h13,15,20,33H,4-12,14H2,1-3H3,(H,24,29)(H,25,30)(H,26,31)(H,27,34)(H,28,35)/t20-/m0/s1. The van der Waals surface area contributed by atoms with Gasteiger partial charge in [-0.2, -0.15) is 0 Å². The second-order valence-electron chi connectivity index (χ2n) is 8.92. The molecule has 0 saturated heterocycles. The van der Waals surface area contributed by atoms with E-state index in [1.807, 2.05) is 0 Å². The number of hydrogen-bond donors (Lipinski definition) is 6. The minimum Gasteiger partial charge on any atom is -0.465 e. The van der Waals surface area contributed by atoms with Crippen molar-refractivity contribution >= 4 is 40.7 Å². The van der Waals surface area contributed by atoms with Gasteiger partial charge in [-0.05, 0) is 6.42 Å². The first-order valence-electron chi connectivity index (χ1n) is 12.0. The van der Waals surface area contributed by atoms with Gasteiger partial charge in [0, 0.05) is 75.4 Å². The predicted octanol–water partition coefficient (Wildman–Crippen LogP) is -0.136. The summed E-state index contributed by atoms with van der Waals surface area (Å²) in [6.07, 6.45) is 2.98. The van der Waals surface area contributed by atoms with Crippen molar-refractivity contribution in [3.63, 3.8) is 0 Å². The number of aromatic amines is 1. The van der Waals surface area contributed by atoms with Gasteiger partial charge >= 0.3 is 5.97 Å². The molecule has 1 aromatic rings. The van der Waals surface area contributed by atoms with Crippen LogP contribution in [0, 0.1) is 5.41 Å². The summed E-state index contributed by atoms with van der Waals surface area (Å²) in [6, 6.07) is 0. The zero-order valence-corrected chi connectivity index (χ0v) is 22.4. The van der Waals surface area contributed by atoms with Gasteiger partial charge in [0.25, 0.3) is 5.24 Å². The Hall–Kier alpha value is -3.13. The third-order valence-electron chi connectivity index (χ3n) is 5.05. The molecule has 0 saturated carbocycles. The molecule has 1 rings (SSSR count). The van der Waals surface area contributed by atoms with Crippen LogP contribution in [0.5, 0.6) is 0 Å². The molecule has 0 aromatic carbocycles. The summed E-state index contributed by atoms with van der Waals surface area (Å²) in [4.78, 5) is 65.4. The Morgan fingerprint density at radius 1 is 1.05 bits per heavy atom. The number of esters is 1. The van der Waals surface area contributed by atoms with Crippen molar-refractivity contribution in [2.45, 2.75) is 52.6 Å². The number of carbonyl (C=O) groups excluding carboxylic acids is 5. The molecule has 0 aliphatic heterocycles. The van der Waals surface area contributed by atoms with E-state index in [1.54, 1.807) is 26.4 Å². The number of nitrogens with one attached hydrogen (secondary N) is 5. The molecular formula is C23H38N6O7S. The van der Waals surface area contributed by atoms with Crippen molar-refractivity contribution in [1.82, 2.24) is 31.2 Å². The number of nitrogens with zero attached hydrogens (tertiary/aromatic N) is 1. The van der Waals surface area contributed by atoms with Crippen LogP contribution < -0.4 is 21.3 Å². The minimum atomic E-state index is -1.45. The van der Waals surface area contributed by atoms with E-state index in [2.05, 4.69) is 31.2 Å². The molecule has 1 aromatic heterocycles. The number of aliphatic hydroxyl groups excluding tert-OH is 1. The SMILES string of the molecule is CC(=O)NCCCC(=O)OCC(C)(C)[C@@H](O)C(=O)NCCC(=O)NCCSC(=O)NCCc1cnc[nH]1. The highest BCUT2D eigenvalue weighted by atomic mass is 32.2. The Morgan fingerprint density at radius 2 is 1.81 bits per heavy atom. The van der Waals surface area contributed by atoms with Crippen LogP contribution in [0.2, 0.25) is 0 Å². The normalized spacial score (nSPS) is 11.8. The quantitative estimate of drug-likeness (QED) is 0.115. The molecule has 0 aliphatic rings. The largest absolute Gasteiger partial charge is 0.465 e. The van der Waals surface area contributed by atoms with Crippen LogP contribution in [-0.2, 0) is 30.3 Å². The van der Waals surface area contributed by atoms with E-state index in [0.29, 0.717) is 31.7 Å². The summed E-state index contributed by atoms with van der Waals surface area (Å²) in [6.45, 7) is 5.52. The number of thioether (sulfide) groups is 1. The van der Waals surface area contributed by atoms with Gasteiger partial charge in [-0.15, -0.1) is 0 Å². The fraction of sp³-hybridized carbons (Fsp3) is 0.652. The second-order valence-corrected chi connectivity index (χ2v) is 9.99. The second kappa shape index (κ2) is 17.3. The van der Waals surface area contributed by atoms with Crippen LogP contribution in [0.4, 0.5) is 4.79 Å². The number of carbonyl (C=O) groups is 5. The molecule has 13 nitrogen and oxygen atoms in total. The zero-order chi connectivity index (χ0) is 27.7. The first-order valence-corrected chi connectivity index (χ1v) is 13.0. The molecule has 14 heteroatoms. The van der Waals surface area contributed by atoms with Crippen LogP contribution in [0.1, 0.15) is 45.7 Å². The van der Waals surface area contributed by atoms with E-state index in [-0.39, 0.29) is 49.6 Å². The Bertz CT molecular complexity index is 879. The number of amides is 4. The fourth-order valence-electron chi connectivity index (χ4n) is 2.86. The Morgan fingerprint density at radius 3 is 2.49 bits per heavy atom. The molecule has 0 aliphatic carbocycles.